The van der Waals surface area contributed by atoms with E-state index in [2.05, 4.69) is 9.97 Å². The number of hydrogen-bond donors (Lipinski definition) is 9. The third kappa shape index (κ3) is 4.59. The lowest BCUT2D eigenvalue weighted by Crippen LogP contribution is -2.56. The molecule has 1 fully saturated rings. The summed E-state index contributed by atoms with van der Waals surface area (Å²) in [6, 6.07) is 13.2. The van der Waals surface area contributed by atoms with Gasteiger partial charge in [0.15, 0.2) is 6.23 Å². The number of aliphatic hydroxyl groups excluding tert-OH is 6. The lowest BCUT2D eigenvalue weighted by atomic mass is 9.96. The highest BCUT2D eigenvalue weighted by molar-refractivity contribution is 6.39. The fourth-order valence-electron chi connectivity index (χ4n) is 7.06. The van der Waals surface area contributed by atoms with Crippen molar-refractivity contribution in [1.29, 1.82) is 0 Å². The minimum atomic E-state index is -1.77. The minimum absolute atomic E-state index is 0.0345. The molecular weight excluding hydrogens is 656 g/mol. The van der Waals surface area contributed by atoms with Crippen molar-refractivity contribution in [2.45, 2.75) is 43.4 Å². The largest absolute Gasteiger partial charge is 0.508 e. The third-order valence-electron chi connectivity index (χ3n) is 9.36. The molecule has 2 amide bonds. The van der Waals surface area contributed by atoms with Crippen LogP contribution in [-0.4, -0.2) is 110 Å². The summed E-state index contributed by atoms with van der Waals surface area (Å²) in [5.41, 5.74) is 1.35. The van der Waals surface area contributed by atoms with Gasteiger partial charge in [-0.2, -0.15) is 0 Å². The summed E-state index contributed by atoms with van der Waals surface area (Å²) in [7, 11) is 0. The highest BCUT2D eigenvalue weighted by Gasteiger charge is 2.47. The summed E-state index contributed by atoms with van der Waals surface area (Å²) >= 11 is 0. The maximum absolute atomic E-state index is 14.4. The van der Waals surface area contributed by atoms with E-state index in [0.717, 1.165) is 0 Å². The molecule has 5 heterocycles. The second kappa shape index (κ2) is 11.7. The van der Waals surface area contributed by atoms with Gasteiger partial charge in [-0.15, -0.1) is 5.06 Å². The Kier molecular flexibility index (Phi) is 7.51. The second-order valence-electron chi connectivity index (χ2n) is 12.3. The van der Waals surface area contributed by atoms with Gasteiger partial charge >= 0.3 is 0 Å². The summed E-state index contributed by atoms with van der Waals surface area (Å²) in [5, 5.41) is 84.7. The number of carbonyl (C=O) groups excluding carboxylic acids is 2. The van der Waals surface area contributed by atoms with Gasteiger partial charge in [0, 0.05) is 33.7 Å². The lowest BCUT2D eigenvalue weighted by Gasteiger charge is -2.41. The van der Waals surface area contributed by atoms with E-state index in [-0.39, 0.29) is 67.9 Å². The molecule has 2 aliphatic rings. The van der Waals surface area contributed by atoms with Crippen molar-refractivity contribution in [3.63, 3.8) is 0 Å². The number of benzene rings is 3. The number of aromatic nitrogens is 3. The molecule has 1 unspecified atom stereocenters. The maximum atomic E-state index is 14.4. The zero-order valence-corrected chi connectivity index (χ0v) is 25.8. The van der Waals surface area contributed by atoms with Crippen molar-refractivity contribution < 1.29 is 60.0 Å². The van der Waals surface area contributed by atoms with Gasteiger partial charge in [0.25, 0.3) is 11.8 Å². The SMILES string of the molecule is O=C1c2c(c3c4ccc(O)cc4n([C@@H]4O[C@H](CO)[C@@H](O)[C@H](O)[C@H]4O)c3c3[nH]c4cc(O)ccc4c23)C(=O)N1OCc1cccc(C(O)CO)n1. The number of phenolic OH excluding ortho intramolecular Hbond substituents is 2. The number of carbonyl (C=O) groups is 2. The van der Waals surface area contributed by atoms with Crippen LogP contribution in [0.5, 0.6) is 11.5 Å². The normalized spacial score (nSPS) is 23.2. The molecule has 9 N–H and O–H groups in total. The molecule has 16 nitrogen and oxygen atoms in total. The van der Waals surface area contributed by atoms with Crippen LogP contribution in [0, 0.1) is 0 Å². The number of ether oxygens (including phenoxy) is 1. The van der Waals surface area contributed by atoms with E-state index >= 15 is 0 Å². The van der Waals surface area contributed by atoms with Crippen molar-refractivity contribution in [2.24, 2.45) is 0 Å². The monoisotopic (exact) mass is 686 g/mol. The Morgan fingerprint density at radius 1 is 0.880 bits per heavy atom. The molecule has 0 aliphatic carbocycles. The molecule has 3 aromatic heterocycles. The number of nitrogens with zero attached hydrogens (tertiary/aromatic N) is 3. The van der Waals surface area contributed by atoms with Gasteiger partial charge in [-0.3, -0.25) is 19.4 Å². The molecule has 3 aromatic carbocycles. The molecule has 0 bridgehead atoms. The predicted molar refractivity (Wildman–Crippen MR) is 173 cm³/mol. The van der Waals surface area contributed by atoms with Crippen LogP contribution in [0.1, 0.15) is 44.4 Å². The van der Waals surface area contributed by atoms with Gasteiger partial charge in [-0.05, 0) is 36.4 Å². The number of rotatable bonds is 7. The van der Waals surface area contributed by atoms with Gasteiger partial charge in [0.1, 0.15) is 48.6 Å². The summed E-state index contributed by atoms with van der Waals surface area (Å²) in [5.74, 6) is -1.96. The number of H-pyrrole nitrogens is 1. The average Bonchev–Trinajstić information content (AvgIpc) is 3.72. The van der Waals surface area contributed by atoms with Crippen molar-refractivity contribution in [3.05, 3.63) is 77.1 Å². The summed E-state index contributed by atoms with van der Waals surface area (Å²) < 4.78 is 7.40. The number of fused-ring (bicyclic) bond motifs is 10. The Hall–Kier alpha value is -5.17. The fraction of sp³-hybridized carbons (Fsp3) is 0.265. The highest BCUT2D eigenvalue weighted by atomic mass is 16.7. The van der Waals surface area contributed by atoms with Gasteiger partial charge in [0.05, 0.1) is 57.8 Å². The molecular formula is C34H30N4O12. The number of phenols is 2. The fourth-order valence-corrected chi connectivity index (χ4v) is 7.06. The number of amides is 2. The number of hydrogen-bond acceptors (Lipinski definition) is 13. The van der Waals surface area contributed by atoms with Gasteiger partial charge in [-0.25, -0.2) is 0 Å². The van der Waals surface area contributed by atoms with Gasteiger partial charge in [-0.1, -0.05) is 6.07 Å². The lowest BCUT2D eigenvalue weighted by molar-refractivity contribution is -0.249. The quantitative estimate of drug-likeness (QED) is 0.106. The summed E-state index contributed by atoms with van der Waals surface area (Å²) in [4.78, 5) is 41.9. The molecule has 1 saturated heterocycles. The standard InChI is InChI=1S/C34H30N4O12/c39-10-21(43)18-3-1-2-13(35-18)12-49-38-32(47)25-23-16-6-4-14(41)8-19(16)36-27(23)28-24(26(25)33(38)48)17-7-5-15(42)9-20(17)37(28)34-31(46)30(45)29(44)22(11-40)50-34/h1-9,21-22,29-31,34,36,39-46H,10-12H2/t21?,22-,29-,30+,31-,34-/m1/s1. The Balaban J connectivity index is 1.39. The minimum Gasteiger partial charge on any atom is -0.508 e. The molecule has 50 heavy (non-hydrogen) atoms. The molecule has 0 saturated carbocycles. The smallest absolute Gasteiger partial charge is 0.286 e. The van der Waals surface area contributed by atoms with E-state index in [0.29, 0.717) is 21.4 Å². The van der Waals surface area contributed by atoms with E-state index in [4.69, 9.17) is 9.57 Å². The maximum Gasteiger partial charge on any atom is 0.286 e. The highest BCUT2D eigenvalue weighted by Crippen LogP contribution is 2.48. The molecule has 16 heteroatoms. The first-order chi connectivity index (χ1) is 24.0. The van der Waals surface area contributed by atoms with E-state index in [9.17, 15) is 50.4 Å². The van der Waals surface area contributed by atoms with E-state index < -0.39 is 61.8 Å². The van der Waals surface area contributed by atoms with E-state index in [1.807, 2.05) is 0 Å². The van der Waals surface area contributed by atoms with Crippen molar-refractivity contribution >= 4 is 55.4 Å². The van der Waals surface area contributed by atoms with Crippen molar-refractivity contribution in [1.82, 2.24) is 19.6 Å². The van der Waals surface area contributed by atoms with Crippen LogP contribution < -0.4 is 0 Å². The molecule has 2 aliphatic heterocycles. The number of aliphatic hydroxyl groups is 6. The van der Waals surface area contributed by atoms with Crippen LogP contribution in [0.25, 0.3) is 43.6 Å². The third-order valence-corrected chi connectivity index (χ3v) is 9.36. The first kappa shape index (κ1) is 32.1. The molecule has 0 spiro atoms. The van der Waals surface area contributed by atoms with Crippen LogP contribution in [-0.2, 0) is 16.2 Å². The Labute approximate surface area is 280 Å². The van der Waals surface area contributed by atoms with Crippen molar-refractivity contribution in [3.8, 4) is 11.5 Å². The average molecular weight is 687 g/mol. The number of aromatic amines is 1. The van der Waals surface area contributed by atoms with E-state index in [1.54, 1.807) is 18.2 Å². The molecule has 6 aromatic rings. The number of pyridine rings is 1. The Bertz CT molecular complexity index is 2370. The zero-order chi connectivity index (χ0) is 35.2. The van der Waals surface area contributed by atoms with Crippen LogP contribution in [0.4, 0.5) is 0 Å². The number of nitrogens with one attached hydrogen (secondary N) is 1. The Morgan fingerprint density at radius 2 is 1.58 bits per heavy atom. The van der Waals surface area contributed by atoms with Crippen molar-refractivity contribution in [2.75, 3.05) is 13.2 Å². The first-order valence-corrected chi connectivity index (χ1v) is 15.6. The van der Waals surface area contributed by atoms with Crippen LogP contribution in [0.15, 0.2) is 54.6 Å². The molecule has 0 radical (unpaired) electrons. The van der Waals surface area contributed by atoms with Crippen LogP contribution in [0.2, 0.25) is 0 Å². The topological polar surface area (TPSA) is 251 Å². The predicted octanol–water partition coefficient (Wildman–Crippen LogP) is 0.961. The Morgan fingerprint density at radius 3 is 2.30 bits per heavy atom. The summed E-state index contributed by atoms with van der Waals surface area (Å²) in [6.45, 7) is -1.65. The van der Waals surface area contributed by atoms with Crippen LogP contribution >= 0.6 is 0 Å². The van der Waals surface area contributed by atoms with Crippen LogP contribution in [0.3, 0.4) is 0 Å². The number of aromatic hydroxyl groups is 2. The second-order valence-corrected chi connectivity index (χ2v) is 12.3. The zero-order valence-electron chi connectivity index (χ0n) is 25.8. The van der Waals surface area contributed by atoms with Gasteiger partial charge in [0.2, 0.25) is 0 Å². The first-order valence-electron chi connectivity index (χ1n) is 15.6. The number of hydroxylamine groups is 2. The number of imide groups is 1. The summed E-state index contributed by atoms with van der Waals surface area (Å²) in [6.07, 6.45) is -9.24. The van der Waals surface area contributed by atoms with E-state index in [1.165, 1.54) is 41.0 Å². The molecule has 6 atom stereocenters. The molecule has 258 valence electrons. The van der Waals surface area contributed by atoms with Gasteiger partial charge < -0.3 is 55.1 Å². The molecule has 8 rings (SSSR count).